The van der Waals surface area contributed by atoms with Crippen molar-refractivity contribution in [1.29, 1.82) is 0 Å². The molecule has 1 aromatic carbocycles. The molecule has 3 rings (SSSR count). The van der Waals surface area contributed by atoms with Gasteiger partial charge in [0.2, 0.25) is 0 Å². The van der Waals surface area contributed by atoms with Crippen LogP contribution in [0.1, 0.15) is 28.0 Å². The second kappa shape index (κ2) is 4.76. The van der Waals surface area contributed by atoms with Gasteiger partial charge in [0.25, 0.3) is 0 Å². The molecule has 0 atom stereocenters. The number of aryl methyl sites for hydroxylation is 1. The summed E-state index contributed by atoms with van der Waals surface area (Å²) < 4.78 is 1.77. The van der Waals surface area contributed by atoms with Crippen molar-refractivity contribution in [3.05, 3.63) is 47.2 Å². The number of fused-ring (bicyclic) bond motifs is 1. The first-order valence-corrected chi connectivity index (χ1v) is 6.36. The predicted octanol–water partition coefficient (Wildman–Crippen LogP) is 1.99. The molecule has 1 aliphatic heterocycles. The summed E-state index contributed by atoms with van der Waals surface area (Å²) in [7, 11) is 0. The summed E-state index contributed by atoms with van der Waals surface area (Å²) in [6, 6.07) is 9.86. The molecule has 0 saturated carbocycles. The summed E-state index contributed by atoms with van der Waals surface area (Å²) in [5.74, 6) is -0.109. The molecule has 5 heteroatoms. The Morgan fingerprint density at radius 3 is 2.89 bits per heavy atom. The van der Waals surface area contributed by atoms with Gasteiger partial charge in [-0.3, -0.25) is 0 Å². The van der Waals surface area contributed by atoms with E-state index in [9.17, 15) is 9.90 Å². The molecule has 19 heavy (non-hydrogen) atoms. The number of rotatable bonds is 3. The van der Waals surface area contributed by atoms with E-state index in [2.05, 4.69) is 10.4 Å². The van der Waals surface area contributed by atoms with Crippen molar-refractivity contribution in [1.82, 2.24) is 9.78 Å². The molecule has 0 fully saturated rings. The molecule has 0 aliphatic carbocycles. The summed E-state index contributed by atoms with van der Waals surface area (Å²) >= 11 is 0. The Bertz CT molecular complexity index is 605. The average molecular weight is 257 g/mol. The number of benzene rings is 1. The van der Waals surface area contributed by atoms with Crippen LogP contribution >= 0.6 is 0 Å². The fourth-order valence-electron chi connectivity index (χ4n) is 2.43. The zero-order chi connectivity index (χ0) is 13.2. The van der Waals surface area contributed by atoms with Gasteiger partial charge in [0.1, 0.15) is 5.82 Å². The molecule has 5 nitrogen and oxygen atoms in total. The largest absolute Gasteiger partial charge is 0.476 e. The van der Waals surface area contributed by atoms with Gasteiger partial charge >= 0.3 is 5.97 Å². The predicted molar refractivity (Wildman–Crippen MR) is 71.5 cm³/mol. The maximum atomic E-state index is 11.3. The molecular formula is C14H15N3O2. The van der Waals surface area contributed by atoms with Crippen molar-refractivity contribution in [2.75, 3.05) is 11.9 Å². The first-order valence-electron chi connectivity index (χ1n) is 6.36. The Hall–Kier alpha value is -2.30. The van der Waals surface area contributed by atoms with Gasteiger partial charge in [0.15, 0.2) is 5.69 Å². The Kier molecular flexibility index (Phi) is 2.95. The van der Waals surface area contributed by atoms with E-state index in [4.69, 9.17) is 0 Å². The Morgan fingerprint density at radius 1 is 1.37 bits per heavy atom. The number of aromatic nitrogens is 2. The molecule has 2 heterocycles. The average Bonchev–Trinajstić information content (AvgIpc) is 2.79. The lowest BCUT2D eigenvalue weighted by Crippen LogP contribution is -2.18. The van der Waals surface area contributed by atoms with Crippen LogP contribution in [0, 0.1) is 0 Å². The van der Waals surface area contributed by atoms with Crippen LogP contribution in [0.5, 0.6) is 0 Å². The van der Waals surface area contributed by atoms with Crippen LogP contribution in [-0.4, -0.2) is 27.4 Å². The van der Waals surface area contributed by atoms with Crippen molar-refractivity contribution in [2.45, 2.75) is 19.4 Å². The van der Waals surface area contributed by atoms with Gasteiger partial charge in [-0.1, -0.05) is 30.3 Å². The van der Waals surface area contributed by atoms with Crippen LogP contribution in [-0.2, 0) is 13.0 Å². The zero-order valence-electron chi connectivity index (χ0n) is 10.5. The van der Waals surface area contributed by atoms with Crippen LogP contribution < -0.4 is 5.32 Å². The lowest BCUT2D eigenvalue weighted by atomic mass is 10.0. The maximum Gasteiger partial charge on any atom is 0.356 e. The summed E-state index contributed by atoms with van der Waals surface area (Å²) in [6.07, 6.45) is 1.56. The molecule has 0 radical (unpaired) electrons. The fourth-order valence-corrected chi connectivity index (χ4v) is 2.43. The number of nitrogens with zero attached hydrogens (tertiary/aromatic N) is 2. The summed E-state index contributed by atoms with van der Waals surface area (Å²) in [6.45, 7) is 1.64. The van der Waals surface area contributed by atoms with E-state index in [0.717, 1.165) is 36.5 Å². The molecule has 0 spiro atoms. The quantitative estimate of drug-likeness (QED) is 0.882. The van der Waals surface area contributed by atoms with Crippen LogP contribution in [0.25, 0.3) is 0 Å². The van der Waals surface area contributed by atoms with Gasteiger partial charge in [-0.25, -0.2) is 9.48 Å². The summed E-state index contributed by atoms with van der Waals surface area (Å²) in [5, 5.41) is 16.8. The van der Waals surface area contributed by atoms with E-state index in [1.165, 1.54) is 0 Å². The molecule has 0 bridgehead atoms. The third-order valence-electron chi connectivity index (χ3n) is 3.32. The van der Waals surface area contributed by atoms with Crippen LogP contribution in [0.4, 0.5) is 5.82 Å². The molecule has 0 amide bonds. The SMILES string of the molecule is O=C(O)c1nn2c(c1Cc1ccccc1)NCCC2. The normalized spacial score (nSPS) is 13.7. The number of carbonyl (C=O) groups is 1. The zero-order valence-corrected chi connectivity index (χ0v) is 10.5. The number of carboxylic acid groups (broad SMARTS) is 1. The van der Waals surface area contributed by atoms with E-state index in [0.29, 0.717) is 6.42 Å². The number of hydrogen-bond donors (Lipinski definition) is 2. The molecule has 1 aliphatic rings. The van der Waals surface area contributed by atoms with E-state index in [1.54, 1.807) is 4.68 Å². The molecule has 2 N–H and O–H groups in total. The lowest BCUT2D eigenvalue weighted by molar-refractivity contribution is 0.0688. The van der Waals surface area contributed by atoms with Gasteiger partial charge in [-0.05, 0) is 12.0 Å². The summed E-state index contributed by atoms with van der Waals surface area (Å²) in [4.78, 5) is 11.3. The second-order valence-corrected chi connectivity index (χ2v) is 4.65. The highest BCUT2D eigenvalue weighted by atomic mass is 16.4. The Morgan fingerprint density at radius 2 is 2.16 bits per heavy atom. The molecule has 1 aromatic heterocycles. The molecular weight excluding hydrogens is 242 g/mol. The van der Waals surface area contributed by atoms with Gasteiger partial charge in [-0.15, -0.1) is 0 Å². The molecule has 2 aromatic rings. The van der Waals surface area contributed by atoms with Crippen molar-refractivity contribution in [2.24, 2.45) is 0 Å². The minimum Gasteiger partial charge on any atom is -0.476 e. The van der Waals surface area contributed by atoms with Crippen molar-refractivity contribution in [3.8, 4) is 0 Å². The Balaban J connectivity index is 2.03. The molecule has 0 unspecified atom stereocenters. The van der Waals surface area contributed by atoms with Crippen LogP contribution in [0.15, 0.2) is 30.3 Å². The van der Waals surface area contributed by atoms with Crippen LogP contribution in [0.2, 0.25) is 0 Å². The minimum atomic E-state index is -0.963. The minimum absolute atomic E-state index is 0.160. The van der Waals surface area contributed by atoms with E-state index in [1.807, 2.05) is 30.3 Å². The highest BCUT2D eigenvalue weighted by Gasteiger charge is 2.24. The van der Waals surface area contributed by atoms with E-state index in [-0.39, 0.29) is 5.69 Å². The smallest absolute Gasteiger partial charge is 0.356 e. The highest BCUT2D eigenvalue weighted by molar-refractivity contribution is 5.89. The summed E-state index contributed by atoms with van der Waals surface area (Å²) in [5.41, 5.74) is 2.03. The first kappa shape index (κ1) is 11.8. The van der Waals surface area contributed by atoms with Crippen molar-refractivity contribution >= 4 is 11.8 Å². The van der Waals surface area contributed by atoms with Crippen LogP contribution in [0.3, 0.4) is 0 Å². The number of aromatic carboxylic acids is 1. The maximum absolute atomic E-state index is 11.3. The van der Waals surface area contributed by atoms with E-state index < -0.39 is 5.97 Å². The van der Waals surface area contributed by atoms with Crippen molar-refractivity contribution in [3.63, 3.8) is 0 Å². The number of hydrogen-bond acceptors (Lipinski definition) is 3. The topological polar surface area (TPSA) is 67.1 Å². The second-order valence-electron chi connectivity index (χ2n) is 4.65. The number of nitrogens with one attached hydrogen (secondary N) is 1. The first-order chi connectivity index (χ1) is 9.25. The van der Waals surface area contributed by atoms with Gasteiger partial charge in [0, 0.05) is 25.1 Å². The standard InChI is InChI=1S/C14H15N3O2/c18-14(19)12-11(9-10-5-2-1-3-6-10)13-15-7-4-8-17(13)16-12/h1-3,5-6,15H,4,7-9H2,(H,18,19). The van der Waals surface area contributed by atoms with Gasteiger partial charge in [0.05, 0.1) is 0 Å². The van der Waals surface area contributed by atoms with Gasteiger partial charge < -0.3 is 10.4 Å². The third-order valence-corrected chi connectivity index (χ3v) is 3.32. The highest BCUT2D eigenvalue weighted by Crippen LogP contribution is 2.26. The van der Waals surface area contributed by atoms with Crippen molar-refractivity contribution < 1.29 is 9.90 Å². The Labute approximate surface area is 110 Å². The monoisotopic (exact) mass is 257 g/mol. The molecule has 98 valence electrons. The number of anilines is 1. The fraction of sp³-hybridized carbons (Fsp3) is 0.286. The third kappa shape index (κ3) is 2.19. The van der Waals surface area contributed by atoms with E-state index >= 15 is 0 Å². The number of carboxylic acids is 1. The molecule has 0 saturated heterocycles. The van der Waals surface area contributed by atoms with Gasteiger partial charge in [-0.2, -0.15) is 5.10 Å². The lowest BCUT2D eigenvalue weighted by Gasteiger charge is -2.16.